The van der Waals surface area contributed by atoms with Gasteiger partial charge < -0.3 is 9.72 Å². The first-order valence-electron chi connectivity index (χ1n) is 6.54. The number of aromatic nitrogens is 3. The number of carbonyl (C=O) groups excluding carboxylic acids is 1. The summed E-state index contributed by atoms with van der Waals surface area (Å²) >= 11 is 3.24. The van der Waals surface area contributed by atoms with Crippen molar-refractivity contribution in [2.24, 2.45) is 0 Å². The highest BCUT2D eigenvalue weighted by molar-refractivity contribution is 9.10. The fourth-order valence-electron chi connectivity index (χ4n) is 2.14. The highest BCUT2D eigenvalue weighted by Crippen LogP contribution is 2.12. The normalized spacial score (nSPS) is 10.8. The monoisotopic (exact) mass is 361 g/mol. The summed E-state index contributed by atoms with van der Waals surface area (Å²) in [6, 6.07) is 8.39. The number of carbonyl (C=O) groups is 1. The maximum absolute atomic E-state index is 12.1. The first-order valence-corrected chi connectivity index (χ1v) is 7.33. The minimum Gasteiger partial charge on any atom is -0.455 e. The predicted octanol–water partition coefficient (Wildman–Crippen LogP) is 2.45. The first kappa shape index (κ1) is 14.5. The van der Waals surface area contributed by atoms with Gasteiger partial charge in [-0.1, -0.05) is 6.07 Å². The molecule has 6 nitrogen and oxygen atoms in total. The number of hydrogen-bond donors (Lipinski definition) is 1. The zero-order valence-electron chi connectivity index (χ0n) is 11.7. The minimum atomic E-state index is -0.503. The summed E-state index contributed by atoms with van der Waals surface area (Å²) in [4.78, 5) is 31.1. The molecule has 1 N–H and O–H groups in total. The molecule has 22 heavy (non-hydrogen) atoms. The molecule has 3 rings (SSSR count). The number of aryl methyl sites for hydroxylation is 1. The number of ether oxygens (including phenoxy) is 1. The van der Waals surface area contributed by atoms with Crippen molar-refractivity contribution in [1.82, 2.24) is 14.4 Å². The molecule has 3 heterocycles. The van der Waals surface area contributed by atoms with Gasteiger partial charge in [-0.25, -0.2) is 9.78 Å². The quantitative estimate of drug-likeness (QED) is 0.727. The molecule has 3 aromatic rings. The summed E-state index contributed by atoms with van der Waals surface area (Å²) in [5.74, 6) is -0.503. The van der Waals surface area contributed by atoms with Crippen LogP contribution in [-0.4, -0.2) is 20.3 Å². The summed E-state index contributed by atoms with van der Waals surface area (Å²) in [6.45, 7) is 1.77. The molecule has 0 aliphatic heterocycles. The van der Waals surface area contributed by atoms with Crippen molar-refractivity contribution in [3.05, 3.63) is 68.4 Å². The molecule has 7 heteroatoms. The molecule has 0 bridgehead atoms. The van der Waals surface area contributed by atoms with Gasteiger partial charge in [0.2, 0.25) is 0 Å². The molecule has 0 aliphatic carbocycles. The first-order chi connectivity index (χ1) is 10.5. The Kier molecular flexibility index (Phi) is 3.81. The Balaban J connectivity index is 1.83. The average Bonchev–Trinajstić information content (AvgIpc) is 2.91. The number of esters is 1. The number of fused-ring (bicyclic) bond motifs is 1. The minimum absolute atomic E-state index is 0.0604. The van der Waals surface area contributed by atoms with Gasteiger partial charge in [0.05, 0.1) is 5.69 Å². The van der Waals surface area contributed by atoms with Crippen LogP contribution < -0.4 is 5.56 Å². The Labute approximate surface area is 133 Å². The highest BCUT2D eigenvalue weighted by atomic mass is 79.9. The lowest BCUT2D eigenvalue weighted by Crippen LogP contribution is -2.18. The molecule has 0 unspecified atom stereocenters. The van der Waals surface area contributed by atoms with Crippen molar-refractivity contribution in [3.8, 4) is 0 Å². The van der Waals surface area contributed by atoms with Gasteiger partial charge in [0.1, 0.15) is 17.9 Å². The van der Waals surface area contributed by atoms with Crippen molar-refractivity contribution in [3.63, 3.8) is 0 Å². The van der Waals surface area contributed by atoms with Gasteiger partial charge in [-0.3, -0.25) is 9.20 Å². The molecular weight excluding hydrogens is 350 g/mol. The van der Waals surface area contributed by atoms with Crippen LogP contribution in [0.5, 0.6) is 0 Å². The highest BCUT2D eigenvalue weighted by Gasteiger charge is 2.11. The van der Waals surface area contributed by atoms with Gasteiger partial charge in [-0.2, -0.15) is 0 Å². The lowest BCUT2D eigenvalue weighted by atomic mass is 10.3. The van der Waals surface area contributed by atoms with Crippen molar-refractivity contribution < 1.29 is 9.53 Å². The molecule has 0 fully saturated rings. The number of H-pyrrole nitrogens is 1. The van der Waals surface area contributed by atoms with Crippen LogP contribution in [0.15, 0.2) is 45.8 Å². The van der Waals surface area contributed by atoms with Crippen molar-refractivity contribution in [2.75, 3.05) is 0 Å². The zero-order valence-corrected chi connectivity index (χ0v) is 13.3. The van der Waals surface area contributed by atoms with E-state index in [0.717, 1.165) is 10.2 Å². The number of nitrogens with one attached hydrogen (secondary N) is 1. The molecule has 112 valence electrons. The topological polar surface area (TPSA) is 76.5 Å². The maximum Gasteiger partial charge on any atom is 0.355 e. The van der Waals surface area contributed by atoms with Crippen LogP contribution >= 0.6 is 15.9 Å². The van der Waals surface area contributed by atoms with Gasteiger partial charge in [-0.05, 0) is 41.1 Å². The van der Waals surface area contributed by atoms with Gasteiger partial charge in [-0.15, -0.1) is 0 Å². The molecule has 3 aromatic heterocycles. The second kappa shape index (κ2) is 5.76. The number of aromatic amines is 1. The Morgan fingerprint density at radius 3 is 2.95 bits per heavy atom. The fraction of sp³-hybridized carbons (Fsp3) is 0.133. The second-order valence-electron chi connectivity index (χ2n) is 4.75. The lowest BCUT2D eigenvalue weighted by Gasteiger charge is -2.07. The third-order valence-electron chi connectivity index (χ3n) is 3.15. The zero-order chi connectivity index (χ0) is 15.7. The van der Waals surface area contributed by atoms with Gasteiger partial charge in [0.25, 0.3) is 5.56 Å². The number of nitrogens with zero attached hydrogens (tertiary/aromatic N) is 2. The van der Waals surface area contributed by atoms with E-state index < -0.39 is 5.97 Å². The van der Waals surface area contributed by atoms with Crippen LogP contribution in [0.1, 0.15) is 21.9 Å². The Hall–Kier alpha value is -2.41. The fourth-order valence-corrected chi connectivity index (χ4v) is 2.48. The Morgan fingerprint density at radius 2 is 2.23 bits per heavy atom. The standard InChI is InChI=1S/C15H12BrN3O3/c1-9-3-2-4-13-18-11(6-14(20)19(9)13)8-22-15(21)12-5-10(16)7-17-12/h2-7,17H,8H2,1H3. The number of hydrogen-bond acceptors (Lipinski definition) is 4. The molecular formula is C15H12BrN3O3. The van der Waals surface area contributed by atoms with Gasteiger partial charge in [0.15, 0.2) is 0 Å². The predicted molar refractivity (Wildman–Crippen MR) is 83.8 cm³/mol. The molecule has 0 saturated carbocycles. The van der Waals surface area contributed by atoms with E-state index in [1.807, 2.05) is 19.1 Å². The van der Waals surface area contributed by atoms with Crippen molar-refractivity contribution in [2.45, 2.75) is 13.5 Å². The molecule has 0 radical (unpaired) electrons. The van der Waals surface area contributed by atoms with Gasteiger partial charge >= 0.3 is 5.97 Å². The van der Waals surface area contributed by atoms with Crippen LogP contribution in [0, 0.1) is 6.92 Å². The van der Waals surface area contributed by atoms with E-state index in [4.69, 9.17) is 4.74 Å². The third kappa shape index (κ3) is 2.80. The average molecular weight is 362 g/mol. The number of halogens is 1. The molecule has 0 saturated heterocycles. The summed E-state index contributed by atoms with van der Waals surface area (Å²) in [7, 11) is 0. The van der Waals surface area contributed by atoms with E-state index >= 15 is 0 Å². The van der Waals surface area contributed by atoms with Crippen LogP contribution in [0.2, 0.25) is 0 Å². The Bertz CT molecular complexity index is 914. The van der Waals surface area contributed by atoms with Crippen LogP contribution in [-0.2, 0) is 11.3 Å². The Morgan fingerprint density at radius 1 is 1.41 bits per heavy atom. The van der Waals surface area contributed by atoms with Crippen LogP contribution in [0.25, 0.3) is 5.65 Å². The van der Waals surface area contributed by atoms with E-state index in [1.165, 1.54) is 10.5 Å². The summed E-state index contributed by atoms with van der Waals surface area (Å²) in [6.07, 6.45) is 1.64. The molecule has 0 atom stereocenters. The van der Waals surface area contributed by atoms with Crippen LogP contribution in [0.3, 0.4) is 0 Å². The lowest BCUT2D eigenvalue weighted by molar-refractivity contribution is 0.0461. The third-order valence-corrected chi connectivity index (χ3v) is 3.61. The summed E-state index contributed by atoms with van der Waals surface area (Å²) in [5.41, 5.74) is 1.88. The molecule has 0 aromatic carbocycles. The molecule has 0 spiro atoms. The molecule has 0 amide bonds. The smallest absolute Gasteiger partial charge is 0.355 e. The van der Waals surface area contributed by atoms with E-state index in [9.17, 15) is 9.59 Å². The van der Waals surface area contributed by atoms with E-state index in [2.05, 4.69) is 25.9 Å². The van der Waals surface area contributed by atoms with Crippen molar-refractivity contribution in [1.29, 1.82) is 0 Å². The van der Waals surface area contributed by atoms with E-state index in [0.29, 0.717) is 17.0 Å². The summed E-state index contributed by atoms with van der Waals surface area (Å²) < 4.78 is 7.43. The number of pyridine rings is 1. The van der Waals surface area contributed by atoms with Crippen LogP contribution in [0.4, 0.5) is 0 Å². The SMILES string of the molecule is Cc1cccc2nc(COC(=O)c3cc(Br)c[nH]3)cc(=O)n12. The summed E-state index contributed by atoms with van der Waals surface area (Å²) in [5, 5.41) is 0. The van der Waals surface area contributed by atoms with Crippen molar-refractivity contribution >= 4 is 27.5 Å². The van der Waals surface area contributed by atoms with E-state index in [1.54, 1.807) is 18.3 Å². The number of rotatable bonds is 3. The second-order valence-corrected chi connectivity index (χ2v) is 5.67. The van der Waals surface area contributed by atoms with Gasteiger partial charge in [0, 0.05) is 22.4 Å². The molecule has 0 aliphatic rings. The maximum atomic E-state index is 12.1. The van der Waals surface area contributed by atoms with E-state index in [-0.39, 0.29) is 12.2 Å². The largest absolute Gasteiger partial charge is 0.455 e.